The van der Waals surface area contributed by atoms with Crippen LogP contribution >= 0.6 is 0 Å². The van der Waals surface area contributed by atoms with Gasteiger partial charge >= 0.3 is 0 Å². The summed E-state index contributed by atoms with van der Waals surface area (Å²) in [4.78, 5) is 11.7. The fourth-order valence-corrected chi connectivity index (χ4v) is 2.76. The van der Waals surface area contributed by atoms with Crippen molar-refractivity contribution in [1.29, 1.82) is 0 Å². The van der Waals surface area contributed by atoms with Gasteiger partial charge in [-0.2, -0.15) is 0 Å². The van der Waals surface area contributed by atoms with Crippen LogP contribution in [0.15, 0.2) is 30.3 Å². The van der Waals surface area contributed by atoms with Crippen LogP contribution in [0.1, 0.15) is 38.7 Å². The normalized spacial score (nSPS) is 27.3. The minimum Gasteiger partial charge on any atom is -0.367 e. The summed E-state index contributed by atoms with van der Waals surface area (Å²) in [6, 6.07) is 10.1. The second-order valence-electron chi connectivity index (χ2n) is 6.30. The molecule has 1 aliphatic heterocycles. The van der Waals surface area contributed by atoms with Crippen molar-refractivity contribution in [2.45, 2.75) is 57.2 Å². The van der Waals surface area contributed by atoms with E-state index in [9.17, 15) is 4.79 Å². The zero-order valence-corrected chi connectivity index (χ0v) is 13.1. The lowest BCUT2D eigenvalue weighted by Gasteiger charge is -2.27. The van der Waals surface area contributed by atoms with Gasteiger partial charge in [0.15, 0.2) is 11.6 Å². The van der Waals surface area contributed by atoms with Gasteiger partial charge in [0, 0.05) is 12.8 Å². The summed E-state index contributed by atoms with van der Waals surface area (Å²) in [5.41, 5.74) is 0.805. The molecule has 1 aromatic carbocycles. The van der Waals surface area contributed by atoms with Crippen molar-refractivity contribution in [3.05, 3.63) is 35.9 Å². The Bertz CT molecular complexity index is 488. The van der Waals surface area contributed by atoms with Gasteiger partial charge in [-0.3, -0.25) is 4.79 Å². The molecular weight excluding hydrogens is 284 g/mol. The molecule has 1 aromatic rings. The topological polar surface area (TPSA) is 76.0 Å². The van der Waals surface area contributed by atoms with Crippen LogP contribution in [0.2, 0.25) is 0 Å². The summed E-state index contributed by atoms with van der Waals surface area (Å²) >= 11 is 0. The van der Waals surface area contributed by atoms with Crippen LogP contribution < -0.4 is 0 Å². The summed E-state index contributed by atoms with van der Waals surface area (Å²) in [5, 5.41) is 16.2. The zero-order valence-electron chi connectivity index (χ0n) is 13.1. The molecule has 0 unspecified atom stereocenters. The van der Waals surface area contributed by atoms with E-state index in [0.29, 0.717) is 19.6 Å². The molecule has 0 amide bonds. The average Bonchev–Trinajstić information content (AvgIpc) is 2.98. The molecular formula is C17H24O5. The lowest BCUT2D eigenvalue weighted by atomic mass is 9.98. The Morgan fingerprint density at radius 1 is 1.27 bits per heavy atom. The molecule has 1 heterocycles. The lowest BCUT2D eigenvalue weighted by molar-refractivity contribution is -0.134. The van der Waals surface area contributed by atoms with E-state index >= 15 is 0 Å². The predicted octanol–water partition coefficient (Wildman–Crippen LogP) is 1.80. The quantitative estimate of drug-likeness (QED) is 0.833. The first kappa shape index (κ1) is 17.1. The van der Waals surface area contributed by atoms with Gasteiger partial charge in [-0.05, 0) is 25.8 Å². The van der Waals surface area contributed by atoms with Crippen LogP contribution in [0, 0.1) is 0 Å². The second kappa shape index (κ2) is 6.87. The fourth-order valence-electron chi connectivity index (χ4n) is 2.76. The first-order valence-corrected chi connectivity index (χ1v) is 7.57. The van der Waals surface area contributed by atoms with Crippen molar-refractivity contribution in [3.63, 3.8) is 0 Å². The number of rotatable bonds is 3. The Morgan fingerprint density at radius 2 is 1.91 bits per heavy atom. The molecule has 2 aliphatic rings. The maximum atomic E-state index is 11.7. The highest BCUT2D eigenvalue weighted by atomic mass is 16.6. The van der Waals surface area contributed by atoms with E-state index in [-0.39, 0.29) is 17.5 Å². The van der Waals surface area contributed by atoms with Crippen molar-refractivity contribution < 1.29 is 24.5 Å². The Kier molecular flexibility index (Phi) is 5.34. The smallest absolute Gasteiger partial charge is 0.164 e. The molecule has 122 valence electrons. The highest BCUT2D eigenvalue weighted by Gasteiger charge is 2.53. The van der Waals surface area contributed by atoms with Gasteiger partial charge in [-0.15, -0.1) is 0 Å². The Labute approximate surface area is 130 Å². The van der Waals surface area contributed by atoms with Crippen molar-refractivity contribution in [2.24, 2.45) is 0 Å². The SMILES string of the molecule is CC(C)(O)O.O=C1CC[C@]2(OCc3ccccc3)CCO[C@H]12. The van der Waals surface area contributed by atoms with Gasteiger partial charge in [0.2, 0.25) is 0 Å². The Hall–Kier alpha value is -1.27. The number of hydrogen-bond donors (Lipinski definition) is 2. The third-order valence-electron chi connectivity index (χ3n) is 3.74. The summed E-state index contributed by atoms with van der Waals surface area (Å²) < 4.78 is 11.5. The van der Waals surface area contributed by atoms with E-state index in [4.69, 9.17) is 19.7 Å². The van der Waals surface area contributed by atoms with Gasteiger partial charge in [-0.25, -0.2) is 0 Å². The van der Waals surface area contributed by atoms with Gasteiger partial charge in [0.25, 0.3) is 0 Å². The van der Waals surface area contributed by atoms with E-state index in [1.165, 1.54) is 13.8 Å². The van der Waals surface area contributed by atoms with Gasteiger partial charge < -0.3 is 19.7 Å². The molecule has 22 heavy (non-hydrogen) atoms. The molecule has 2 atom stereocenters. The maximum Gasteiger partial charge on any atom is 0.164 e. The van der Waals surface area contributed by atoms with Crippen LogP contribution in [0.4, 0.5) is 0 Å². The third kappa shape index (κ3) is 4.61. The number of hydrogen-bond acceptors (Lipinski definition) is 5. The first-order chi connectivity index (χ1) is 10.3. The number of aliphatic hydroxyl groups is 2. The van der Waals surface area contributed by atoms with Gasteiger partial charge in [-0.1, -0.05) is 30.3 Å². The number of Topliss-reactive ketones (excluding diaryl/α,β-unsaturated/α-hetero) is 1. The maximum absolute atomic E-state index is 11.7. The number of carbonyl (C=O) groups excluding carboxylic acids is 1. The molecule has 2 N–H and O–H groups in total. The van der Waals surface area contributed by atoms with Gasteiger partial charge in [0.05, 0.1) is 13.2 Å². The number of fused-ring (bicyclic) bond motifs is 1. The van der Waals surface area contributed by atoms with Crippen molar-refractivity contribution in [1.82, 2.24) is 0 Å². The molecule has 1 saturated carbocycles. The summed E-state index contributed by atoms with van der Waals surface area (Å²) in [6.07, 6.45) is 1.94. The van der Waals surface area contributed by atoms with Crippen LogP contribution in [-0.2, 0) is 20.9 Å². The van der Waals surface area contributed by atoms with E-state index in [1.54, 1.807) is 0 Å². The average molecular weight is 308 g/mol. The third-order valence-corrected chi connectivity index (χ3v) is 3.74. The molecule has 1 aliphatic carbocycles. The molecule has 5 heteroatoms. The summed E-state index contributed by atoms with van der Waals surface area (Å²) in [6.45, 7) is 3.80. The second-order valence-corrected chi connectivity index (χ2v) is 6.30. The number of ether oxygens (including phenoxy) is 2. The molecule has 0 spiro atoms. The molecule has 5 nitrogen and oxygen atoms in total. The fraction of sp³-hybridized carbons (Fsp3) is 0.588. The molecule has 1 saturated heterocycles. The van der Waals surface area contributed by atoms with Crippen LogP contribution in [0.3, 0.4) is 0 Å². The van der Waals surface area contributed by atoms with E-state index in [0.717, 1.165) is 18.4 Å². The van der Waals surface area contributed by atoms with Crippen LogP contribution in [-0.4, -0.2) is 40.1 Å². The highest BCUT2D eigenvalue weighted by Crippen LogP contribution is 2.41. The summed E-state index contributed by atoms with van der Waals surface area (Å²) in [5.74, 6) is -1.30. The monoisotopic (exact) mass is 308 g/mol. The molecule has 2 fully saturated rings. The molecule has 0 aromatic heterocycles. The minimum absolute atomic E-state index is 0.204. The summed E-state index contributed by atoms with van der Waals surface area (Å²) in [7, 11) is 0. The lowest BCUT2D eigenvalue weighted by Crippen LogP contribution is -2.38. The number of ketones is 1. The largest absolute Gasteiger partial charge is 0.367 e. The highest BCUT2D eigenvalue weighted by molar-refractivity contribution is 5.87. The number of carbonyl (C=O) groups is 1. The van der Waals surface area contributed by atoms with Crippen molar-refractivity contribution >= 4 is 5.78 Å². The predicted molar refractivity (Wildman–Crippen MR) is 81.1 cm³/mol. The Morgan fingerprint density at radius 3 is 2.55 bits per heavy atom. The van der Waals surface area contributed by atoms with Crippen LogP contribution in [0.5, 0.6) is 0 Å². The molecule has 3 rings (SSSR count). The van der Waals surface area contributed by atoms with Crippen LogP contribution in [0.25, 0.3) is 0 Å². The number of benzene rings is 1. The van der Waals surface area contributed by atoms with Gasteiger partial charge in [0.1, 0.15) is 11.7 Å². The molecule has 0 radical (unpaired) electrons. The van der Waals surface area contributed by atoms with E-state index in [1.807, 2.05) is 30.3 Å². The Balaban J connectivity index is 0.000000309. The van der Waals surface area contributed by atoms with Crippen molar-refractivity contribution in [3.8, 4) is 0 Å². The standard InChI is InChI=1S/C14H16O3.C3H8O2/c15-12-6-7-14(8-9-16-13(12)14)17-10-11-4-2-1-3-5-11;1-3(2,4)5/h1-5,13H,6-10H2;4-5H,1-2H3/t13-,14+;/m1./s1. The first-order valence-electron chi connectivity index (χ1n) is 7.57. The minimum atomic E-state index is -1.50. The zero-order chi connectivity index (χ0) is 16.2. The van der Waals surface area contributed by atoms with E-state index in [2.05, 4.69) is 0 Å². The van der Waals surface area contributed by atoms with Crippen molar-refractivity contribution in [2.75, 3.05) is 6.61 Å². The van der Waals surface area contributed by atoms with E-state index < -0.39 is 5.79 Å². The molecule has 0 bridgehead atoms.